The van der Waals surface area contributed by atoms with Crippen LogP contribution in [0.4, 0.5) is 26.0 Å². The van der Waals surface area contributed by atoms with E-state index >= 15 is 0 Å². The standard InChI is InChI=1S/C21H25F2N7O3S/c1-3-10-34(32,33)28-16-5-4-15(22)17(18(16)23)21(31)25-13-11-14-19(24-12-13)26-27-20(14)30-8-6-29(2)7-9-30/h4-5,11-12,28H,3,6-10H2,1-2H3,(H,25,31)(H,24,26,27). The first-order chi connectivity index (χ1) is 16.2. The summed E-state index contributed by atoms with van der Waals surface area (Å²) in [5.41, 5.74) is -0.675. The molecule has 0 radical (unpaired) electrons. The quantitative estimate of drug-likeness (QED) is 0.462. The molecule has 34 heavy (non-hydrogen) atoms. The molecular formula is C21H25F2N7O3S. The first kappa shape index (κ1) is 23.8. The number of halogens is 2. The molecule has 1 aliphatic heterocycles. The fourth-order valence-corrected chi connectivity index (χ4v) is 4.87. The maximum absolute atomic E-state index is 14.9. The van der Waals surface area contributed by atoms with Gasteiger partial charge in [0.25, 0.3) is 5.91 Å². The molecule has 1 aliphatic rings. The van der Waals surface area contributed by atoms with Crippen molar-refractivity contribution in [1.82, 2.24) is 20.1 Å². The Morgan fingerprint density at radius 1 is 1.21 bits per heavy atom. The molecule has 1 amide bonds. The van der Waals surface area contributed by atoms with Gasteiger partial charge in [0.05, 0.1) is 28.7 Å². The van der Waals surface area contributed by atoms with Crippen LogP contribution in [0.5, 0.6) is 0 Å². The number of hydrogen-bond donors (Lipinski definition) is 3. The topological polar surface area (TPSA) is 123 Å². The summed E-state index contributed by atoms with van der Waals surface area (Å²) in [7, 11) is -1.79. The van der Waals surface area contributed by atoms with E-state index in [1.165, 1.54) is 6.20 Å². The van der Waals surface area contributed by atoms with Crippen LogP contribution in [0.1, 0.15) is 23.7 Å². The first-order valence-electron chi connectivity index (χ1n) is 10.8. The summed E-state index contributed by atoms with van der Waals surface area (Å²) in [5, 5.41) is 10.3. The molecule has 0 unspecified atom stereocenters. The van der Waals surface area contributed by atoms with Gasteiger partial charge in [-0.2, -0.15) is 5.10 Å². The smallest absolute Gasteiger partial charge is 0.261 e. The van der Waals surface area contributed by atoms with Crippen molar-refractivity contribution in [2.45, 2.75) is 13.3 Å². The summed E-state index contributed by atoms with van der Waals surface area (Å²) in [6, 6.07) is 3.40. The number of carbonyl (C=O) groups excluding carboxylic acids is 1. The number of hydrogen-bond acceptors (Lipinski definition) is 7. The van der Waals surface area contributed by atoms with Gasteiger partial charge in [-0.05, 0) is 31.7 Å². The van der Waals surface area contributed by atoms with Crippen LogP contribution in [-0.4, -0.2) is 73.4 Å². The lowest BCUT2D eigenvalue weighted by Crippen LogP contribution is -2.44. The number of nitrogens with one attached hydrogen (secondary N) is 3. The molecule has 4 rings (SSSR count). The van der Waals surface area contributed by atoms with Crippen molar-refractivity contribution in [1.29, 1.82) is 0 Å². The van der Waals surface area contributed by atoms with Crippen molar-refractivity contribution < 1.29 is 22.0 Å². The van der Waals surface area contributed by atoms with Crippen LogP contribution in [0.3, 0.4) is 0 Å². The summed E-state index contributed by atoms with van der Waals surface area (Å²) in [5.74, 6) is -3.05. The minimum atomic E-state index is -3.83. The lowest BCUT2D eigenvalue weighted by atomic mass is 10.1. The number of benzene rings is 1. The number of H-pyrrole nitrogens is 1. The molecule has 0 atom stereocenters. The van der Waals surface area contributed by atoms with Crippen molar-refractivity contribution in [3.8, 4) is 0 Å². The Kier molecular flexibility index (Phi) is 6.66. The van der Waals surface area contributed by atoms with Crippen molar-refractivity contribution in [2.75, 3.05) is 53.9 Å². The molecule has 10 nitrogen and oxygen atoms in total. The number of piperazine rings is 1. The van der Waals surface area contributed by atoms with E-state index in [4.69, 9.17) is 0 Å². The molecule has 3 heterocycles. The number of likely N-dealkylation sites (N-methyl/N-ethyl adjacent to an activating group) is 1. The monoisotopic (exact) mass is 493 g/mol. The second kappa shape index (κ2) is 9.50. The molecule has 3 N–H and O–H groups in total. The SMILES string of the molecule is CCCS(=O)(=O)Nc1ccc(F)c(C(=O)Nc2cnc3[nH]nc(N4CCN(C)CC4)c3c2)c1F. The highest BCUT2D eigenvalue weighted by Crippen LogP contribution is 2.27. The predicted octanol–water partition coefficient (Wildman–Crippen LogP) is 2.39. The van der Waals surface area contributed by atoms with Crippen LogP contribution >= 0.6 is 0 Å². The molecule has 182 valence electrons. The molecule has 0 saturated carbocycles. The minimum Gasteiger partial charge on any atom is -0.352 e. The van der Waals surface area contributed by atoms with Gasteiger partial charge in [-0.3, -0.25) is 14.6 Å². The zero-order valence-corrected chi connectivity index (χ0v) is 19.5. The van der Waals surface area contributed by atoms with Gasteiger partial charge in [0.1, 0.15) is 11.4 Å². The second-order valence-electron chi connectivity index (χ2n) is 8.12. The average molecular weight is 494 g/mol. The van der Waals surface area contributed by atoms with Gasteiger partial charge >= 0.3 is 0 Å². The van der Waals surface area contributed by atoms with Crippen LogP contribution < -0.4 is 14.9 Å². The van der Waals surface area contributed by atoms with Gasteiger partial charge < -0.3 is 15.1 Å². The molecule has 0 spiro atoms. The van der Waals surface area contributed by atoms with Crippen molar-refractivity contribution in [3.05, 3.63) is 41.6 Å². The van der Waals surface area contributed by atoms with Crippen molar-refractivity contribution in [3.63, 3.8) is 0 Å². The number of aromatic amines is 1. The van der Waals surface area contributed by atoms with Gasteiger partial charge in [-0.1, -0.05) is 6.92 Å². The predicted molar refractivity (Wildman–Crippen MR) is 126 cm³/mol. The summed E-state index contributed by atoms with van der Waals surface area (Å²) in [4.78, 5) is 21.3. The summed E-state index contributed by atoms with van der Waals surface area (Å²) in [6.45, 7) is 4.93. The van der Waals surface area contributed by atoms with Crippen LogP contribution in [0, 0.1) is 11.6 Å². The molecule has 3 aromatic rings. The maximum Gasteiger partial charge on any atom is 0.261 e. The lowest BCUT2D eigenvalue weighted by molar-refractivity contribution is 0.101. The van der Waals surface area contributed by atoms with E-state index in [1.807, 2.05) is 7.05 Å². The van der Waals surface area contributed by atoms with E-state index in [9.17, 15) is 22.0 Å². The molecule has 1 fully saturated rings. The van der Waals surface area contributed by atoms with Gasteiger partial charge in [0.2, 0.25) is 10.0 Å². The molecule has 0 bridgehead atoms. The fraction of sp³-hybridized carbons (Fsp3) is 0.381. The Hall–Kier alpha value is -3.32. The third kappa shape index (κ3) is 4.94. The van der Waals surface area contributed by atoms with Crippen LogP contribution in [-0.2, 0) is 10.0 Å². The number of nitrogens with zero attached hydrogens (tertiary/aromatic N) is 4. The second-order valence-corrected chi connectivity index (χ2v) is 9.96. The Morgan fingerprint density at radius 3 is 2.65 bits per heavy atom. The van der Waals surface area contributed by atoms with Gasteiger partial charge in [0.15, 0.2) is 17.3 Å². The lowest BCUT2D eigenvalue weighted by Gasteiger charge is -2.32. The third-order valence-electron chi connectivity index (χ3n) is 5.51. The highest BCUT2D eigenvalue weighted by atomic mass is 32.2. The zero-order chi connectivity index (χ0) is 24.5. The number of rotatable bonds is 7. The van der Waals surface area contributed by atoms with E-state index in [1.54, 1.807) is 13.0 Å². The maximum atomic E-state index is 14.9. The number of carbonyl (C=O) groups is 1. The third-order valence-corrected chi connectivity index (χ3v) is 6.99. The molecule has 1 aromatic carbocycles. The molecular weight excluding hydrogens is 468 g/mol. The van der Waals surface area contributed by atoms with Crippen molar-refractivity contribution in [2.24, 2.45) is 0 Å². The summed E-state index contributed by atoms with van der Waals surface area (Å²) >= 11 is 0. The van der Waals surface area contributed by atoms with E-state index in [2.05, 4.69) is 35.0 Å². The highest BCUT2D eigenvalue weighted by Gasteiger charge is 2.24. The summed E-state index contributed by atoms with van der Waals surface area (Å²) in [6.07, 6.45) is 1.65. The van der Waals surface area contributed by atoms with E-state index in [0.29, 0.717) is 23.3 Å². The number of fused-ring (bicyclic) bond motifs is 1. The number of amides is 1. The van der Waals surface area contributed by atoms with E-state index < -0.39 is 38.8 Å². The molecule has 13 heteroatoms. The van der Waals surface area contributed by atoms with Crippen LogP contribution in [0.15, 0.2) is 24.4 Å². The van der Waals surface area contributed by atoms with E-state index in [0.717, 1.165) is 38.3 Å². The molecule has 2 aromatic heterocycles. The number of aromatic nitrogens is 3. The average Bonchev–Trinajstić information content (AvgIpc) is 3.19. The summed E-state index contributed by atoms with van der Waals surface area (Å²) < 4.78 is 55.4. The molecule has 0 aliphatic carbocycles. The van der Waals surface area contributed by atoms with Gasteiger partial charge in [-0.25, -0.2) is 22.2 Å². The van der Waals surface area contributed by atoms with Gasteiger partial charge in [0, 0.05) is 26.2 Å². The Morgan fingerprint density at radius 2 is 1.94 bits per heavy atom. The Labute approximate surface area is 195 Å². The first-order valence-corrected chi connectivity index (χ1v) is 12.4. The number of sulfonamides is 1. The largest absolute Gasteiger partial charge is 0.352 e. The molecule has 1 saturated heterocycles. The van der Waals surface area contributed by atoms with Crippen LogP contribution in [0.2, 0.25) is 0 Å². The fourth-order valence-electron chi connectivity index (χ4n) is 3.74. The van der Waals surface area contributed by atoms with Gasteiger partial charge in [-0.15, -0.1) is 0 Å². The van der Waals surface area contributed by atoms with Crippen molar-refractivity contribution >= 4 is 44.2 Å². The normalized spacial score (nSPS) is 15.0. The Balaban J connectivity index is 1.60. The number of pyridine rings is 1. The minimum absolute atomic E-state index is 0.213. The number of anilines is 3. The highest BCUT2D eigenvalue weighted by molar-refractivity contribution is 7.92. The zero-order valence-electron chi connectivity index (χ0n) is 18.7. The van der Waals surface area contributed by atoms with E-state index in [-0.39, 0.29) is 11.4 Å². The van der Waals surface area contributed by atoms with Crippen LogP contribution in [0.25, 0.3) is 11.0 Å². The Bertz CT molecular complexity index is 1320.